The van der Waals surface area contributed by atoms with Gasteiger partial charge in [-0.05, 0) is 24.3 Å². The Morgan fingerprint density at radius 2 is 0.465 bits per heavy atom. The average molecular weight is 1250 g/mol. The smallest absolute Gasteiger partial charge is 0.187 e. The van der Waals surface area contributed by atoms with Crippen molar-refractivity contribution < 1.29 is 168 Å². The van der Waals surface area contributed by atoms with Gasteiger partial charge in [0.05, 0.1) is 45.6 Å². The van der Waals surface area contributed by atoms with Gasteiger partial charge in [-0.3, -0.25) is 0 Å². The van der Waals surface area contributed by atoms with E-state index in [-0.39, 0.29) is 0 Å². The van der Waals surface area contributed by atoms with Crippen molar-refractivity contribution in [2.75, 3.05) is 39.6 Å². The molecule has 0 aromatic carbocycles. The third-order valence-electron chi connectivity index (χ3n) is 16.8. The molecule has 0 aliphatic carbocycles. The van der Waals surface area contributed by atoms with Gasteiger partial charge in [0.15, 0.2) is 44.0 Å². The highest BCUT2D eigenvalue weighted by molar-refractivity contribution is 5.27. The van der Waals surface area contributed by atoms with Crippen molar-refractivity contribution in [1.29, 1.82) is 0 Å². The van der Waals surface area contributed by atoms with E-state index in [1.165, 1.54) is 0 Å². The molecule has 0 unspecified atom stereocenters. The molecule has 0 saturated carbocycles. The number of ether oxygens (including phenoxy) is 14. The van der Waals surface area contributed by atoms with Crippen molar-refractivity contribution in [3.63, 3.8) is 0 Å². The minimum Gasteiger partial charge on any atom is -0.394 e. The van der Waals surface area contributed by atoms with E-state index in [0.29, 0.717) is 11.4 Å². The number of aliphatic hydroxyl groups is 20. The Morgan fingerprint density at radius 1 is 0.267 bits per heavy atom. The van der Waals surface area contributed by atoms with Crippen LogP contribution in [0.4, 0.5) is 0 Å². The number of hydrogen-bond acceptors (Lipinski definition) is 34. The summed E-state index contributed by atoms with van der Waals surface area (Å²) < 4.78 is 82.3. The minimum absolute atomic E-state index is 0.374. The topological polar surface area (TPSA) is 565 Å². The first-order valence-electron chi connectivity index (χ1n) is 27.8. The van der Waals surface area contributed by atoms with Crippen molar-refractivity contribution in [3.05, 3.63) is 48.0 Å². The summed E-state index contributed by atoms with van der Waals surface area (Å²) in [5.41, 5.74) is 0.748. The first kappa shape index (κ1) is 66.1. The maximum absolute atomic E-state index is 12.1. The van der Waals surface area contributed by atoms with E-state index in [1.807, 2.05) is 0 Å². The summed E-state index contributed by atoms with van der Waals surface area (Å²) in [7, 11) is 0. The van der Waals surface area contributed by atoms with E-state index in [4.69, 9.17) is 66.3 Å². The normalized spacial score (nSPS) is 50.9. The summed E-state index contributed by atoms with van der Waals surface area (Å²) >= 11 is 0. The zero-order chi connectivity index (χ0) is 61.7. The van der Waals surface area contributed by atoms with Crippen molar-refractivity contribution in [2.24, 2.45) is 0 Å². The molecule has 14 bridgehead atoms. The number of nitrogens with one attached hydrogen (secondary N) is 2. The van der Waals surface area contributed by atoms with E-state index in [1.54, 1.807) is 36.7 Å². The quantitative estimate of drug-likeness (QED) is 0.111. The lowest BCUT2D eigenvalue weighted by Crippen LogP contribution is -2.68. The zero-order valence-electron chi connectivity index (χ0n) is 45.2. The van der Waals surface area contributed by atoms with Gasteiger partial charge in [-0.2, -0.15) is 0 Å². The maximum Gasteiger partial charge on any atom is 0.187 e. The second kappa shape index (κ2) is 28.0. The summed E-state index contributed by atoms with van der Waals surface area (Å²) in [6.07, 6.45) is -67.1. The highest BCUT2D eigenvalue weighted by Gasteiger charge is 2.60. The number of H-pyrrole nitrogens is 2. The summed E-state index contributed by atoms with van der Waals surface area (Å²) in [6, 6.07) is 6.45. The van der Waals surface area contributed by atoms with Crippen LogP contribution in [0.2, 0.25) is 0 Å². The summed E-state index contributed by atoms with van der Waals surface area (Å²) in [6.45, 7) is -6.26. The third-order valence-corrected chi connectivity index (χ3v) is 16.8. The molecule has 21 fully saturated rings. The summed E-state index contributed by atoms with van der Waals surface area (Å²) in [5, 5.41) is 225. The van der Waals surface area contributed by atoms with Gasteiger partial charge in [-0.15, -0.1) is 0 Å². The van der Waals surface area contributed by atoms with Crippen LogP contribution >= 0.6 is 0 Å². The Labute approximate surface area is 486 Å². The van der Waals surface area contributed by atoms with Gasteiger partial charge in [0.2, 0.25) is 0 Å². The minimum atomic E-state index is -2.21. The predicted octanol–water partition coefficient (Wildman–Crippen LogP) is -12.7. The molecule has 86 heavy (non-hydrogen) atoms. The molecule has 21 saturated heterocycles. The highest BCUT2D eigenvalue weighted by Crippen LogP contribution is 2.42. The van der Waals surface area contributed by atoms with Crippen LogP contribution in [0.5, 0.6) is 0 Å². The molecule has 0 spiro atoms. The van der Waals surface area contributed by atoms with Gasteiger partial charge in [0.1, 0.15) is 171 Å². The second-order valence-electron chi connectivity index (χ2n) is 22.1. The number of aromatic nitrogens is 2. The van der Waals surface area contributed by atoms with Gasteiger partial charge < -0.3 is 178 Å². The average Bonchev–Trinajstić information content (AvgIpc) is 1.60. The second-order valence-corrected chi connectivity index (χ2v) is 22.1. The van der Waals surface area contributed by atoms with Gasteiger partial charge in [0, 0.05) is 23.8 Å². The third kappa shape index (κ3) is 12.6. The molecule has 36 heteroatoms. The Morgan fingerprint density at radius 3 is 0.663 bits per heavy atom. The van der Waals surface area contributed by atoms with E-state index in [9.17, 15) is 102 Å². The molecule has 2 aromatic heterocycles. The molecule has 22 N–H and O–H groups in total. The van der Waals surface area contributed by atoms with Crippen molar-refractivity contribution in [2.45, 2.75) is 221 Å². The van der Waals surface area contributed by atoms with Crippen molar-refractivity contribution >= 4 is 0 Å². The molecule has 36 nitrogen and oxygen atoms in total. The van der Waals surface area contributed by atoms with E-state index < -0.39 is 261 Å². The fourth-order valence-corrected chi connectivity index (χ4v) is 12.1. The van der Waals surface area contributed by atoms with E-state index >= 15 is 0 Å². The van der Waals surface area contributed by atoms with Gasteiger partial charge in [0.25, 0.3) is 0 Å². The van der Waals surface area contributed by atoms with Crippen LogP contribution in [-0.2, 0) is 66.3 Å². The first-order valence-corrected chi connectivity index (χ1v) is 27.8. The first-order chi connectivity index (χ1) is 41.2. The number of hydrogen-bond donors (Lipinski definition) is 22. The molecule has 23 heterocycles. The lowest BCUT2D eigenvalue weighted by Gasteiger charge is -2.50. The fourth-order valence-electron chi connectivity index (χ4n) is 12.1. The van der Waals surface area contributed by atoms with Crippen LogP contribution in [0, 0.1) is 0 Å². The van der Waals surface area contributed by atoms with Gasteiger partial charge >= 0.3 is 0 Å². The van der Waals surface area contributed by atoms with E-state index in [0.717, 1.165) is 0 Å². The molecular weight excluding hydrogens is 1170 g/mol. The number of rotatable bonds is 9. The lowest BCUT2D eigenvalue weighted by molar-refractivity contribution is -0.396. The largest absolute Gasteiger partial charge is 0.394 e. The molecule has 21 aliphatic rings. The van der Waals surface area contributed by atoms with Gasteiger partial charge in [-0.1, -0.05) is 0 Å². The van der Waals surface area contributed by atoms with Crippen LogP contribution in [0.3, 0.4) is 0 Å². The van der Waals surface area contributed by atoms with Crippen LogP contribution in [0.25, 0.3) is 0 Å². The standard InChI is InChI=1S/C50H76N2O34/c53-7-15-36-23(60)30(67)45(74-15)81-38-17(9-55)76-47(32(69)25(38)62)83-40-19(11-57)78-49(34(71)27(40)64)86-43-28(65)35(72)50(85-42(43)21(13-3-1-5-51-13)14-4-2-6-52-14)84-41-20(12-58)77-48(33(70)26(41)63)82-39-18(10-56)75-46(31(68)24(39)61)80-37-16(8-54)73-44(79-36)29(66)22(37)59/h1-6,15-72H,7-12H2/t15-,16-,17-,18-,19-,20-,22-,23+,24-,25+,26-,27+,28-,29-,30+,31-,32+,33-,34-,35-,36-,37-,38-,39-,40-,41-,42-,43+,44-,45-,46-,47-,48-,49-,50+/m1/s1. The van der Waals surface area contributed by atoms with Crippen LogP contribution in [-0.4, -0.2) is 367 Å². The predicted molar refractivity (Wildman–Crippen MR) is 265 cm³/mol. The Bertz CT molecular complexity index is 2340. The van der Waals surface area contributed by atoms with Crippen LogP contribution in [0.15, 0.2) is 36.7 Å². The van der Waals surface area contributed by atoms with Crippen molar-refractivity contribution in [1.82, 2.24) is 9.97 Å². The highest BCUT2D eigenvalue weighted by atomic mass is 16.8. The zero-order valence-corrected chi connectivity index (χ0v) is 45.2. The molecule has 0 amide bonds. The van der Waals surface area contributed by atoms with Crippen LogP contribution < -0.4 is 0 Å². The summed E-state index contributed by atoms with van der Waals surface area (Å²) in [4.78, 5) is 6.08. The molecule has 490 valence electrons. The number of aromatic amines is 2. The molecular formula is C50H76N2O34. The SMILES string of the molecule is OC[C@H]1O[C@@H]2O[C@H]3[C@H](O)[C@@H](O)[C@@H](O[C@H]4[C@H](O)[C@@H](O)[C@@H](O[C@H]5[C@@H](O)[C@H](O)[C@@H](O[C@H]6[C@@H](O)[C@H](O)[C@@H](O[C@H]7[C@@H](O)[C@@H](O)[C@@H](O[C@H]8[C@H](O)[C@@H](O)[C@@H](O[C@H]1[C@H](O)[C@H]2O)O[C@@H]8C(c1ccc[nH]1)c1ccc[nH]1)O[C@@H]7CO)O[C@@H]6CO)O[C@@H]5CO)O[C@@H]4CO)O[C@@H]3CO. The number of aliphatic hydroxyl groups excluding tert-OH is 20. The van der Waals surface area contributed by atoms with E-state index in [2.05, 4.69) is 9.97 Å². The Kier molecular flexibility index (Phi) is 21.5. The molecule has 23 rings (SSSR count). The lowest BCUT2D eigenvalue weighted by atomic mass is 9.85. The monoisotopic (exact) mass is 1250 g/mol. The Balaban J connectivity index is 0.973. The van der Waals surface area contributed by atoms with Gasteiger partial charge in [-0.25, -0.2) is 0 Å². The van der Waals surface area contributed by atoms with Crippen LogP contribution in [0.1, 0.15) is 17.3 Å². The maximum atomic E-state index is 12.1. The summed E-state index contributed by atoms with van der Waals surface area (Å²) in [5.74, 6) is -1.07. The Hall–Kier alpha value is -2.80. The van der Waals surface area contributed by atoms with Crippen molar-refractivity contribution in [3.8, 4) is 0 Å². The molecule has 21 aliphatic heterocycles. The molecule has 2 aromatic rings. The molecule has 0 radical (unpaired) electrons. The molecule has 35 atom stereocenters. The fraction of sp³-hybridized carbons (Fsp3) is 0.840.